The summed E-state index contributed by atoms with van der Waals surface area (Å²) in [6, 6.07) is 18.8. The predicted octanol–water partition coefficient (Wildman–Crippen LogP) is 4.60. The molecule has 0 saturated carbocycles. The Morgan fingerprint density at radius 3 is 2.48 bits per heavy atom. The second kappa shape index (κ2) is 7.50. The molecule has 5 nitrogen and oxygen atoms in total. The van der Waals surface area contributed by atoms with Crippen LogP contribution in [0, 0.1) is 0 Å². The second-order valence-corrected chi connectivity index (χ2v) is 6.40. The monoisotopic (exact) mass is 358 g/mol. The summed E-state index contributed by atoms with van der Waals surface area (Å²) in [5, 5.41) is 3.48. The summed E-state index contributed by atoms with van der Waals surface area (Å²) in [7, 11) is 1.61. The summed E-state index contributed by atoms with van der Waals surface area (Å²) in [5.74, 6) is 0.599. The fraction of sp³-hybridized carbons (Fsp3) is 0.182. The molecule has 0 aliphatic heterocycles. The minimum Gasteiger partial charge on any atom is -0.481 e. The van der Waals surface area contributed by atoms with Gasteiger partial charge in [-0.15, -0.1) is 0 Å². The quantitative estimate of drug-likeness (QED) is 0.547. The van der Waals surface area contributed by atoms with Crippen LogP contribution in [0.25, 0.3) is 16.7 Å². The molecule has 0 radical (unpaired) electrons. The first-order valence-corrected chi connectivity index (χ1v) is 9.06. The Balaban J connectivity index is 1.52. The zero-order chi connectivity index (χ0) is 18.6. The lowest BCUT2D eigenvalue weighted by Gasteiger charge is -2.08. The smallest absolute Gasteiger partial charge is 0.213 e. The molecular weight excluding hydrogens is 336 g/mol. The van der Waals surface area contributed by atoms with Crippen molar-refractivity contribution in [1.82, 2.24) is 14.5 Å². The number of aryl methyl sites for hydroxylation is 1. The number of hydrogen-bond donors (Lipinski definition) is 1. The van der Waals surface area contributed by atoms with Crippen molar-refractivity contribution in [1.29, 1.82) is 0 Å². The molecule has 0 unspecified atom stereocenters. The lowest BCUT2D eigenvalue weighted by atomic mass is 10.1. The highest BCUT2D eigenvalue weighted by Gasteiger charge is 2.06. The maximum atomic E-state index is 5.12. The molecule has 0 bridgehead atoms. The molecule has 4 rings (SSSR count). The van der Waals surface area contributed by atoms with Crippen LogP contribution in [0.4, 0.5) is 5.69 Å². The summed E-state index contributed by atoms with van der Waals surface area (Å²) >= 11 is 0. The van der Waals surface area contributed by atoms with Gasteiger partial charge in [0.15, 0.2) is 0 Å². The topological polar surface area (TPSA) is 52.0 Å². The zero-order valence-corrected chi connectivity index (χ0v) is 15.5. The minimum atomic E-state index is 0.599. The van der Waals surface area contributed by atoms with E-state index in [9.17, 15) is 0 Å². The Labute approximate surface area is 158 Å². The molecule has 27 heavy (non-hydrogen) atoms. The van der Waals surface area contributed by atoms with Crippen LogP contribution < -0.4 is 10.1 Å². The van der Waals surface area contributed by atoms with Crippen LogP contribution >= 0.6 is 0 Å². The van der Waals surface area contributed by atoms with Crippen molar-refractivity contribution < 1.29 is 4.74 Å². The molecule has 0 atom stereocenters. The third-order valence-corrected chi connectivity index (χ3v) is 4.68. The number of nitrogens with zero attached hydrogens (tertiary/aromatic N) is 3. The minimum absolute atomic E-state index is 0.599. The molecule has 1 N–H and O–H groups in total. The number of anilines is 1. The Kier molecular flexibility index (Phi) is 4.75. The van der Waals surface area contributed by atoms with E-state index >= 15 is 0 Å². The van der Waals surface area contributed by atoms with Gasteiger partial charge in [-0.3, -0.25) is 4.57 Å². The van der Waals surface area contributed by atoms with Gasteiger partial charge in [-0.2, -0.15) is 0 Å². The van der Waals surface area contributed by atoms with Gasteiger partial charge in [0, 0.05) is 18.3 Å². The van der Waals surface area contributed by atoms with Gasteiger partial charge >= 0.3 is 0 Å². The number of methoxy groups -OCH3 is 1. The number of nitrogens with one attached hydrogen (secondary N) is 1. The van der Waals surface area contributed by atoms with Gasteiger partial charge in [0.05, 0.1) is 30.0 Å². The number of imidazole rings is 1. The molecule has 136 valence electrons. The van der Waals surface area contributed by atoms with E-state index in [1.54, 1.807) is 13.3 Å². The summed E-state index contributed by atoms with van der Waals surface area (Å²) in [4.78, 5) is 8.81. The maximum Gasteiger partial charge on any atom is 0.213 e. The number of hydrogen-bond acceptors (Lipinski definition) is 4. The van der Waals surface area contributed by atoms with Crippen molar-refractivity contribution in [2.75, 3.05) is 12.4 Å². The fourth-order valence-electron chi connectivity index (χ4n) is 3.06. The standard InChI is InChI=1S/C22H22N4O/c1-3-16-4-6-17(7-5-16)13-23-18-8-10-21-20(12-18)25-15-26(21)19-9-11-22(27-2)24-14-19/h4-12,14-15,23H,3,13H2,1-2H3. The Morgan fingerprint density at radius 2 is 1.78 bits per heavy atom. The first kappa shape index (κ1) is 17.1. The van der Waals surface area contributed by atoms with Crippen LogP contribution in [0.1, 0.15) is 18.1 Å². The Hall–Kier alpha value is -3.34. The number of rotatable bonds is 6. The molecule has 2 aromatic heterocycles. The lowest BCUT2D eigenvalue weighted by molar-refractivity contribution is 0.398. The zero-order valence-electron chi connectivity index (χ0n) is 15.5. The SMILES string of the molecule is CCc1ccc(CNc2ccc3c(c2)ncn3-c2ccc(OC)nc2)cc1. The van der Waals surface area contributed by atoms with E-state index in [-0.39, 0.29) is 0 Å². The summed E-state index contributed by atoms with van der Waals surface area (Å²) in [5.41, 5.74) is 6.62. The van der Waals surface area contributed by atoms with E-state index in [2.05, 4.69) is 64.7 Å². The fourth-order valence-corrected chi connectivity index (χ4v) is 3.06. The van der Waals surface area contributed by atoms with E-state index in [1.807, 2.05) is 23.0 Å². The van der Waals surface area contributed by atoms with Crippen molar-refractivity contribution in [2.24, 2.45) is 0 Å². The number of pyridine rings is 1. The molecular formula is C22H22N4O. The Morgan fingerprint density at radius 1 is 0.963 bits per heavy atom. The van der Waals surface area contributed by atoms with Gasteiger partial charge < -0.3 is 10.1 Å². The van der Waals surface area contributed by atoms with Crippen LogP contribution in [-0.2, 0) is 13.0 Å². The molecule has 0 spiro atoms. The summed E-state index contributed by atoms with van der Waals surface area (Å²) in [6.45, 7) is 2.96. The van der Waals surface area contributed by atoms with Crippen molar-refractivity contribution >= 4 is 16.7 Å². The van der Waals surface area contributed by atoms with Crippen LogP contribution in [-0.4, -0.2) is 21.6 Å². The number of fused-ring (bicyclic) bond motifs is 1. The normalized spacial score (nSPS) is 10.9. The average Bonchev–Trinajstić information content (AvgIpc) is 3.16. The number of benzene rings is 2. The highest BCUT2D eigenvalue weighted by atomic mass is 16.5. The van der Waals surface area contributed by atoms with Crippen LogP contribution in [0.5, 0.6) is 5.88 Å². The molecule has 2 heterocycles. The third-order valence-electron chi connectivity index (χ3n) is 4.68. The molecule has 0 fully saturated rings. The van der Waals surface area contributed by atoms with E-state index < -0.39 is 0 Å². The van der Waals surface area contributed by atoms with E-state index in [1.165, 1.54) is 11.1 Å². The molecule has 2 aromatic carbocycles. The van der Waals surface area contributed by atoms with Crippen molar-refractivity contribution in [2.45, 2.75) is 19.9 Å². The highest BCUT2D eigenvalue weighted by Crippen LogP contribution is 2.22. The number of aromatic nitrogens is 3. The average molecular weight is 358 g/mol. The lowest BCUT2D eigenvalue weighted by Crippen LogP contribution is -1.99. The summed E-state index contributed by atoms with van der Waals surface area (Å²) < 4.78 is 7.14. The molecule has 0 saturated heterocycles. The van der Waals surface area contributed by atoms with Gasteiger partial charge in [0.25, 0.3) is 0 Å². The maximum absolute atomic E-state index is 5.12. The van der Waals surface area contributed by atoms with Crippen LogP contribution in [0.2, 0.25) is 0 Å². The number of ether oxygens (including phenoxy) is 1. The van der Waals surface area contributed by atoms with Gasteiger partial charge in [0.2, 0.25) is 5.88 Å². The Bertz CT molecular complexity index is 1040. The predicted molar refractivity (Wildman–Crippen MR) is 109 cm³/mol. The third kappa shape index (κ3) is 3.62. The van der Waals surface area contributed by atoms with Crippen molar-refractivity contribution in [3.8, 4) is 11.6 Å². The van der Waals surface area contributed by atoms with E-state index in [0.717, 1.165) is 35.4 Å². The van der Waals surface area contributed by atoms with Gasteiger partial charge in [-0.05, 0) is 41.8 Å². The van der Waals surface area contributed by atoms with E-state index in [4.69, 9.17) is 4.74 Å². The van der Waals surface area contributed by atoms with Gasteiger partial charge in [0.1, 0.15) is 6.33 Å². The second-order valence-electron chi connectivity index (χ2n) is 6.40. The highest BCUT2D eigenvalue weighted by molar-refractivity contribution is 5.81. The largest absolute Gasteiger partial charge is 0.481 e. The molecule has 5 heteroatoms. The summed E-state index contributed by atoms with van der Waals surface area (Å²) in [6.07, 6.45) is 4.67. The first-order valence-electron chi connectivity index (χ1n) is 9.06. The van der Waals surface area contributed by atoms with Crippen LogP contribution in [0.3, 0.4) is 0 Å². The van der Waals surface area contributed by atoms with Crippen molar-refractivity contribution in [3.63, 3.8) is 0 Å². The van der Waals surface area contributed by atoms with Gasteiger partial charge in [-0.25, -0.2) is 9.97 Å². The molecule has 4 aromatic rings. The van der Waals surface area contributed by atoms with Crippen LogP contribution in [0.15, 0.2) is 67.1 Å². The molecule has 0 amide bonds. The van der Waals surface area contributed by atoms with E-state index in [0.29, 0.717) is 5.88 Å². The molecule has 0 aliphatic rings. The first-order chi connectivity index (χ1) is 13.3. The molecule has 0 aliphatic carbocycles. The van der Waals surface area contributed by atoms with Gasteiger partial charge in [-0.1, -0.05) is 31.2 Å². The van der Waals surface area contributed by atoms with Crippen molar-refractivity contribution in [3.05, 3.63) is 78.2 Å².